The Kier molecular flexibility index (Phi) is 5.85. The molecule has 1 aliphatic carbocycles. The third kappa shape index (κ3) is 4.50. The Hall–Kier alpha value is -3.47. The van der Waals surface area contributed by atoms with E-state index in [1.807, 2.05) is 0 Å². The topological polar surface area (TPSA) is 111 Å². The number of carbonyl (C=O) groups is 1. The molecule has 2 aromatic heterocycles. The average Bonchev–Trinajstić information content (AvgIpc) is 3.63. The van der Waals surface area contributed by atoms with Gasteiger partial charge in [-0.25, -0.2) is 19.7 Å². The predicted molar refractivity (Wildman–Crippen MR) is 120 cm³/mol. The number of pyridine rings is 1. The lowest BCUT2D eigenvalue weighted by atomic mass is 10.2. The molecule has 1 saturated carbocycles. The van der Waals surface area contributed by atoms with E-state index >= 15 is 0 Å². The van der Waals surface area contributed by atoms with Gasteiger partial charge in [0.25, 0.3) is 0 Å². The minimum absolute atomic E-state index is 0.179. The molecule has 31 heavy (non-hydrogen) atoms. The number of methoxy groups -OCH3 is 3. The van der Waals surface area contributed by atoms with Crippen molar-refractivity contribution in [3.8, 4) is 17.2 Å². The van der Waals surface area contributed by atoms with Crippen molar-refractivity contribution in [2.75, 3.05) is 32.0 Å². The predicted octanol–water partition coefficient (Wildman–Crippen LogP) is 3.64. The lowest BCUT2D eigenvalue weighted by Gasteiger charge is -2.15. The Bertz CT molecular complexity index is 1100. The lowest BCUT2D eigenvalue weighted by molar-refractivity contribution is 0.238. The van der Waals surface area contributed by atoms with Crippen molar-refractivity contribution < 1.29 is 19.0 Å². The number of aromatic nitrogens is 3. The number of urea groups is 1. The van der Waals surface area contributed by atoms with Crippen molar-refractivity contribution in [3.05, 3.63) is 30.5 Å². The Morgan fingerprint density at radius 1 is 1.06 bits per heavy atom. The first kappa shape index (κ1) is 20.8. The van der Waals surface area contributed by atoms with Gasteiger partial charge >= 0.3 is 6.03 Å². The molecule has 1 fully saturated rings. The third-order valence-corrected chi connectivity index (χ3v) is 5.19. The summed E-state index contributed by atoms with van der Waals surface area (Å²) in [5.41, 5.74) is 1.65. The van der Waals surface area contributed by atoms with Crippen LogP contribution in [0.5, 0.6) is 17.2 Å². The molecule has 0 bridgehead atoms. The SMILES string of the molecule is COc1cc(Nc2cnc3ccc(NC(=O)N(S)C4CC4)nc3n2)cc(OC)c1OC. The second-order valence-electron chi connectivity index (χ2n) is 6.84. The molecule has 2 N–H and O–H groups in total. The monoisotopic (exact) mass is 442 g/mol. The minimum Gasteiger partial charge on any atom is -0.493 e. The molecule has 0 spiro atoms. The maximum absolute atomic E-state index is 12.2. The van der Waals surface area contributed by atoms with E-state index in [0.717, 1.165) is 12.8 Å². The van der Waals surface area contributed by atoms with Crippen LogP contribution in [0, 0.1) is 0 Å². The molecule has 0 atom stereocenters. The number of nitrogens with one attached hydrogen (secondary N) is 2. The van der Waals surface area contributed by atoms with Gasteiger partial charge in [0.05, 0.1) is 27.5 Å². The Balaban J connectivity index is 1.58. The number of thiol groups is 1. The zero-order chi connectivity index (χ0) is 22.0. The zero-order valence-electron chi connectivity index (χ0n) is 17.2. The summed E-state index contributed by atoms with van der Waals surface area (Å²) in [5.74, 6) is 2.34. The van der Waals surface area contributed by atoms with Gasteiger partial charge in [-0.05, 0) is 25.0 Å². The summed E-state index contributed by atoms with van der Waals surface area (Å²) in [6, 6.07) is 6.80. The molecule has 1 aliphatic rings. The highest BCUT2D eigenvalue weighted by atomic mass is 32.1. The number of anilines is 3. The average molecular weight is 443 g/mol. The number of amides is 2. The van der Waals surface area contributed by atoms with Crippen molar-refractivity contribution in [2.24, 2.45) is 0 Å². The summed E-state index contributed by atoms with van der Waals surface area (Å²) in [4.78, 5) is 25.5. The summed E-state index contributed by atoms with van der Waals surface area (Å²) < 4.78 is 17.5. The molecule has 0 radical (unpaired) electrons. The highest BCUT2D eigenvalue weighted by Gasteiger charge is 2.30. The molecule has 162 valence electrons. The van der Waals surface area contributed by atoms with Crippen LogP contribution >= 0.6 is 12.8 Å². The number of hydrogen-bond donors (Lipinski definition) is 3. The zero-order valence-corrected chi connectivity index (χ0v) is 18.1. The third-order valence-electron chi connectivity index (χ3n) is 4.68. The van der Waals surface area contributed by atoms with Crippen LogP contribution in [0.15, 0.2) is 30.5 Å². The highest BCUT2D eigenvalue weighted by Crippen LogP contribution is 2.40. The van der Waals surface area contributed by atoms with Gasteiger partial charge in [0.2, 0.25) is 5.75 Å². The lowest BCUT2D eigenvalue weighted by Crippen LogP contribution is -2.29. The smallest absolute Gasteiger partial charge is 0.333 e. The molecule has 4 rings (SSSR count). The molecule has 11 heteroatoms. The van der Waals surface area contributed by atoms with Crippen LogP contribution in [0.1, 0.15) is 12.8 Å². The first-order valence-corrected chi connectivity index (χ1v) is 9.92. The van der Waals surface area contributed by atoms with Crippen molar-refractivity contribution in [2.45, 2.75) is 18.9 Å². The molecule has 0 unspecified atom stereocenters. The van der Waals surface area contributed by atoms with Gasteiger partial charge in [-0.1, -0.05) is 12.8 Å². The van der Waals surface area contributed by atoms with Crippen LogP contribution < -0.4 is 24.8 Å². The molecule has 0 aliphatic heterocycles. The fourth-order valence-corrected chi connectivity index (χ4v) is 3.26. The van der Waals surface area contributed by atoms with E-state index in [4.69, 9.17) is 14.2 Å². The molecule has 0 saturated heterocycles. The summed E-state index contributed by atoms with van der Waals surface area (Å²) >= 11 is 4.23. The number of fused-ring (bicyclic) bond motifs is 1. The number of hydrogen-bond acceptors (Lipinski definition) is 9. The molecule has 10 nitrogen and oxygen atoms in total. The van der Waals surface area contributed by atoms with E-state index in [1.54, 1.807) is 51.8 Å². The van der Waals surface area contributed by atoms with Gasteiger partial charge in [-0.15, -0.1) is 0 Å². The van der Waals surface area contributed by atoms with Gasteiger partial charge in [0, 0.05) is 23.9 Å². The standard InChI is InChI=1S/C20H22N6O4S/c1-28-14-8-11(9-15(29-2)18(14)30-3)22-17-10-21-13-6-7-16(23-19(13)24-17)25-20(27)26(31)12-4-5-12/h6-10,12,31H,4-5H2,1-3H3,(H2,22,23,24,25,27). The van der Waals surface area contributed by atoms with Crippen molar-refractivity contribution in [1.29, 1.82) is 0 Å². The minimum atomic E-state index is -0.322. The van der Waals surface area contributed by atoms with Gasteiger partial charge in [-0.3, -0.25) is 9.62 Å². The first-order valence-electron chi connectivity index (χ1n) is 9.52. The Morgan fingerprint density at radius 2 is 1.74 bits per heavy atom. The fraction of sp³-hybridized carbons (Fsp3) is 0.300. The maximum Gasteiger partial charge on any atom is 0.333 e. The number of benzene rings is 1. The summed E-state index contributed by atoms with van der Waals surface area (Å²) in [6.07, 6.45) is 3.51. The van der Waals surface area contributed by atoms with E-state index in [2.05, 4.69) is 38.4 Å². The van der Waals surface area contributed by atoms with Crippen LogP contribution in [0.2, 0.25) is 0 Å². The fourth-order valence-electron chi connectivity index (χ4n) is 2.98. The molecule has 2 heterocycles. The van der Waals surface area contributed by atoms with Crippen LogP contribution in [0.4, 0.5) is 22.1 Å². The van der Waals surface area contributed by atoms with E-state index in [-0.39, 0.29) is 12.1 Å². The quantitative estimate of drug-likeness (QED) is 0.476. The van der Waals surface area contributed by atoms with E-state index in [1.165, 1.54) is 4.31 Å². The number of nitrogens with zero attached hydrogens (tertiary/aromatic N) is 4. The van der Waals surface area contributed by atoms with E-state index in [0.29, 0.717) is 45.7 Å². The van der Waals surface area contributed by atoms with Gasteiger partial charge < -0.3 is 19.5 Å². The van der Waals surface area contributed by atoms with Gasteiger partial charge in [-0.2, -0.15) is 0 Å². The van der Waals surface area contributed by atoms with Crippen molar-refractivity contribution >= 4 is 47.3 Å². The summed E-state index contributed by atoms with van der Waals surface area (Å²) in [6.45, 7) is 0. The van der Waals surface area contributed by atoms with Crippen LogP contribution in [0.25, 0.3) is 11.2 Å². The molecule has 3 aromatic rings. The molecule has 2 amide bonds. The Morgan fingerprint density at radius 3 is 2.35 bits per heavy atom. The maximum atomic E-state index is 12.2. The van der Waals surface area contributed by atoms with Crippen molar-refractivity contribution in [3.63, 3.8) is 0 Å². The van der Waals surface area contributed by atoms with Crippen LogP contribution in [-0.2, 0) is 0 Å². The normalized spacial score (nSPS) is 12.9. The summed E-state index contributed by atoms with van der Waals surface area (Å²) in [5, 5.41) is 5.89. The van der Waals surface area contributed by atoms with E-state index in [9.17, 15) is 4.79 Å². The van der Waals surface area contributed by atoms with Gasteiger partial charge in [0.1, 0.15) is 11.3 Å². The first-order chi connectivity index (χ1) is 15.0. The summed E-state index contributed by atoms with van der Waals surface area (Å²) in [7, 11) is 4.64. The molecular weight excluding hydrogens is 420 g/mol. The highest BCUT2D eigenvalue weighted by molar-refractivity contribution is 7.78. The largest absolute Gasteiger partial charge is 0.493 e. The second kappa shape index (κ2) is 8.72. The molecule has 1 aromatic carbocycles. The second-order valence-corrected chi connectivity index (χ2v) is 7.27. The van der Waals surface area contributed by atoms with Gasteiger partial charge in [0.15, 0.2) is 23.0 Å². The molecular formula is C20H22N6O4S. The number of rotatable bonds is 7. The number of ether oxygens (including phenoxy) is 3. The Labute approximate surface area is 184 Å². The number of carbonyl (C=O) groups excluding carboxylic acids is 1. The van der Waals surface area contributed by atoms with E-state index < -0.39 is 0 Å². The van der Waals surface area contributed by atoms with Crippen LogP contribution in [0.3, 0.4) is 0 Å². The van der Waals surface area contributed by atoms with Crippen molar-refractivity contribution in [1.82, 2.24) is 19.3 Å². The van der Waals surface area contributed by atoms with Crippen LogP contribution in [-0.4, -0.2) is 52.7 Å².